The molecule has 1 rings (SSSR count). The maximum atomic E-state index is 5.98. The quantitative estimate of drug-likeness (QED) is 0.524. The van der Waals surface area contributed by atoms with Gasteiger partial charge in [0.25, 0.3) is 0 Å². The first-order chi connectivity index (χ1) is 9.71. The molecular weight excluding hydrogens is 250 g/mol. The summed E-state index contributed by atoms with van der Waals surface area (Å²) in [5.74, 6) is 1.76. The maximum Gasteiger partial charge on any atom is 0.123 e. The summed E-state index contributed by atoms with van der Waals surface area (Å²) in [6, 6.07) is 5.92. The highest BCUT2D eigenvalue weighted by molar-refractivity contribution is 5.41. The molecule has 0 aromatic heterocycles. The van der Waals surface area contributed by atoms with Crippen LogP contribution in [0, 0.1) is 0 Å². The average molecular weight is 275 g/mol. The van der Waals surface area contributed by atoms with Crippen molar-refractivity contribution < 1.29 is 9.47 Å². The molecule has 0 aliphatic heterocycles. The minimum Gasteiger partial charge on any atom is -0.494 e. The van der Waals surface area contributed by atoms with Crippen molar-refractivity contribution in [1.82, 2.24) is 5.32 Å². The van der Waals surface area contributed by atoms with Gasteiger partial charge in [0.1, 0.15) is 17.6 Å². The molecule has 0 heterocycles. The Kier molecular flexibility index (Phi) is 7.51. The lowest BCUT2D eigenvalue weighted by Crippen LogP contribution is -2.29. The van der Waals surface area contributed by atoms with Crippen molar-refractivity contribution in [3.05, 3.63) is 49.1 Å². The molecule has 1 unspecified atom stereocenters. The molecule has 0 spiro atoms. The number of ether oxygens (including phenoxy) is 2. The molecule has 110 valence electrons. The Morgan fingerprint density at radius 3 is 2.75 bits per heavy atom. The van der Waals surface area contributed by atoms with Crippen molar-refractivity contribution in [2.24, 2.45) is 0 Å². The molecule has 1 aromatic rings. The van der Waals surface area contributed by atoms with E-state index in [1.807, 2.05) is 44.2 Å². The fourth-order valence-corrected chi connectivity index (χ4v) is 1.89. The first-order valence-corrected chi connectivity index (χ1v) is 7.06. The average Bonchev–Trinajstić information content (AvgIpc) is 2.43. The van der Waals surface area contributed by atoms with E-state index in [1.54, 1.807) is 0 Å². The third-order valence-corrected chi connectivity index (χ3v) is 2.76. The maximum absolute atomic E-state index is 5.98. The smallest absolute Gasteiger partial charge is 0.123 e. The highest BCUT2D eigenvalue weighted by Gasteiger charge is 2.09. The standard InChI is InChI=1S/C17H25NO2/c1-5-8-15-12-16(19-7-3)9-10-17(15)20-14(4)13-18-11-6-2/h5-6,9-10,12,14,18H,1-2,7-8,11,13H2,3-4H3. The molecule has 1 aromatic carbocycles. The first kappa shape index (κ1) is 16.3. The molecule has 0 saturated carbocycles. The molecule has 1 atom stereocenters. The zero-order chi connectivity index (χ0) is 14.8. The molecule has 1 N–H and O–H groups in total. The number of nitrogens with one attached hydrogen (secondary N) is 1. The van der Waals surface area contributed by atoms with Gasteiger partial charge in [0.15, 0.2) is 0 Å². The number of benzene rings is 1. The van der Waals surface area contributed by atoms with E-state index in [2.05, 4.69) is 18.5 Å². The zero-order valence-corrected chi connectivity index (χ0v) is 12.5. The van der Waals surface area contributed by atoms with Crippen LogP contribution in [0.4, 0.5) is 0 Å². The predicted octanol–water partition coefficient (Wildman–Crippen LogP) is 3.36. The highest BCUT2D eigenvalue weighted by Crippen LogP contribution is 2.26. The monoisotopic (exact) mass is 275 g/mol. The molecule has 3 heteroatoms. The Morgan fingerprint density at radius 2 is 2.10 bits per heavy atom. The number of hydrogen-bond acceptors (Lipinski definition) is 3. The lowest BCUT2D eigenvalue weighted by Gasteiger charge is -2.18. The van der Waals surface area contributed by atoms with Crippen LogP contribution in [-0.4, -0.2) is 25.8 Å². The van der Waals surface area contributed by atoms with Crippen molar-refractivity contribution >= 4 is 0 Å². The molecule has 0 bridgehead atoms. The second-order valence-electron chi connectivity index (χ2n) is 4.57. The third-order valence-electron chi connectivity index (χ3n) is 2.76. The van der Waals surface area contributed by atoms with E-state index in [9.17, 15) is 0 Å². The van der Waals surface area contributed by atoms with E-state index in [1.165, 1.54) is 0 Å². The molecule has 0 fully saturated rings. The van der Waals surface area contributed by atoms with E-state index in [-0.39, 0.29) is 6.10 Å². The Hall–Kier alpha value is -1.74. The van der Waals surface area contributed by atoms with Crippen LogP contribution in [0.2, 0.25) is 0 Å². The van der Waals surface area contributed by atoms with Gasteiger partial charge in [-0.15, -0.1) is 13.2 Å². The molecule has 0 radical (unpaired) electrons. The van der Waals surface area contributed by atoms with Crippen LogP contribution in [0.1, 0.15) is 19.4 Å². The van der Waals surface area contributed by atoms with E-state index >= 15 is 0 Å². The van der Waals surface area contributed by atoms with Crippen molar-refractivity contribution in [1.29, 1.82) is 0 Å². The van der Waals surface area contributed by atoms with Crippen LogP contribution in [0.5, 0.6) is 11.5 Å². The van der Waals surface area contributed by atoms with Gasteiger partial charge in [0, 0.05) is 18.7 Å². The number of hydrogen-bond donors (Lipinski definition) is 1. The van der Waals surface area contributed by atoms with Crippen molar-refractivity contribution in [3.8, 4) is 11.5 Å². The summed E-state index contributed by atoms with van der Waals surface area (Å²) in [5.41, 5.74) is 1.10. The summed E-state index contributed by atoms with van der Waals surface area (Å²) in [6.07, 6.45) is 4.57. The van der Waals surface area contributed by atoms with Crippen LogP contribution < -0.4 is 14.8 Å². The summed E-state index contributed by atoms with van der Waals surface area (Å²) < 4.78 is 11.5. The van der Waals surface area contributed by atoms with Crippen LogP contribution in [0.15, 0.2) is 43.5 Å². The van der Waals surface area contributed by atoms with Gasteiger partial charge < -0.3 is 14.8 Å². The molecule has 0 aliphatic carbocycles. The molecule has 0 aliphatic rings. The first-order valence-electron chi connectivity index (χ1n) is 7.06. The molecule has 20 heavy (non-hydrogen) atoms. The summed E-state index contributed by atoms with van der Waals surface area (Å²) in [5, 5.41) is 3.25. The van der Waals surface area contributed by atoms with Gasteiger partial charge in [-0.25, -0.2) is 0 Å². The molecule has 0 saturated heterocycles. The van der Waals surface area contributed by atoms with E-state index in [4.69, 9.17) is 9.47 Å². The van der Waals surface area contributed by atoms with Crippen molar-refractivity contribution in [2.45, 2.75) is 26.4 Å². The normalized spacial score (nSPS) is 11.7. The third kappa shape index (κ3) is 5.49. The Labute approximate surface area is 122 Å². The van der Waals surface area contributed by atoms with Gasteiger partial charge >= 0.3 is 0 Å². The Bertz CT molecular complexity index is 429. The summed E-state index contributed by atoms with van der Waals surface area (Å²) >= 11 is 0. The second kappa shape index (κ2) is 9.21. The van der Waals surface area contributed by atoms with Crippen LogP contribution in [0.25, 0.3) is 0 Å². The fraction of sp³-hybridized carbons (Fsp3) is 0.412. The van der Waals surface area contributed by atoms with Gasteiger partial charge in [0.2, 0.25) is 0 Å². The summed E-state index contributed by atoms with van der Waals surface area (Å²) in [7, 11) is 0. The van der Waals surface area contributed by atoms with Crippen LogP contribution in [0.3, 0.4) is 0 Å². The predicted molar refractivity (Wildman–Crippen MR) is 84.7 cm³/mol. The van der Waals surface area contributed by atoms with E-state index in [0.717, 1.165) is 36.6 Å². The fourth-order valence-electron chi connectivity index (χ4n) is 1.89. The Morgan fingerprint density at radius 1 is 1.30 bits per heavy atom. The molecule has 0 amide bonds. The largest absolute Gasteiger partial charge is 0.494 e. The van der Waals surface area contributed by atoms with Gasteiger partial charge in [0.05, 0.1) is 6.61 Å². The van der Waals surface area contributed by atoms with Gasteiger partial charge in [-0.2, -0.15) is 0 Å². The van der Waals surface area contributed by atoms with Gasteiger partial charge in [-0.05, 0) is 38.5 Å². The van der Waals surface area contributed by atoms with Crippen molar-refractivity contribution in [2.75, 3.05) is 19.7 Å². The highest BCUT2D eigenvalue weighted by atomic mass is 16.5. The number of rotatable bonds is 10. The lowest BCUT2D eigenvalue weighted by molar-refractivity contribution is 0.217. The lowest BCUT2D eigenvalue weighted by atomic mass is 10.1. The minimum atomic E-state index is 0.0939. The van der Waals surface area contributed by atoms with E-state index in [0.29, 0.717) is 6.61 Å². The summed E-state index contributed by atoms with van der Waals surface area (Å²) in [6.45, 7) is 13.7. The molecule has 3 nitrogen and oxygen atoms in total. The SMILES string of the molecule is C=CCNCC(C)Oc1ccc(OCC)cc1CC=C. The Balaban J connectivity index is 2.71. The van der Waals surface area contributed by atoms with E-state index < -0.39 is 0 Å². The van der Waals surface area contributed by atoms with Crippen LogP contribution in [-0.2, 0) is 6.42 Å². The zero-order valence-electron chi connectivity index (χ0n) is 12.5. The topological polar surface area (TPSA) is 30.5 Å². The van der Waals surface area contributed by atoms with Crippen LogP contribution >= 0.6 is 0 Å². The van der Waals surface area contributed by atoms with Crippen molar-refractivity contribution in [3.63, 3.8) is 0 Å². The van der Waals surface area contributed by atoms with Gasteiger partial charge in [-0.3, -0.25) is 0 Å². The second-order valence-corrected chi connectivity index (χ2v) is 4.57. The number of allylic oxidation sites excluding steroid dienone is 1. The minimum absolute atomic E-state index is 0.0939. The van der Waals surface area contributed by atoms with Gasteiger partial charge in [-0.1, -0.05) is 12.2 Å². The molecular formula is C17H25NO2. The summed E-state index contributed by atoms with van der Waals surface area (Å²) in [4.78, 5) is 0.